The summed E-state index contributed by atoms with van der Waals surface area (Å²) in [5.41, 5.74) is 1.60. The van der Waals surface area contributed by atoms with Gasteiger partial charge in [-0.15, -0.1) is 0 Å². The van der Waals surface area contributed by atoms with Crippen LogP contribution in [-0.4, -0.2) is 54.5 Å². The highest BCUT2D eigenvalue weighted by molar-refractivity contribution is 5.94. The second-order valence-corrected chi connectivity index (χ2v) is 6.26. The maximum Gasteiger partial charge on any atom is 0.260 e. The first-order chi connectivity index (χ1) is 12.5. The number of hydrogen-bond acceptors (Lipinski definition) is 5. The summed E-state index contributed by atoms with van der Waals surface area (Å²) in [5, 5.41) is 9.37. The largest absolute Gasteiger partial charge is 0.508 e. The molecule has 1 aliphatic rings. The Bertz CT molecular complexity index is 781. The number of aromatic hydroxyl groups is 1. The average molecular weight is 354 g/mol. The number of Topliss-reactive ketones (excluding diaryl/α,β-unsaturated/α-hetero) is 1. The number of carbonyl (C=O) groups excluding carboxylic acids is 2. The van der Waals surface area contributed by atoms with Crippen LogP contribution >= 0.6 is 0 Å². The summed E-state index contributed by atoms with van der Waals surface area (Å²) in [5.74, 6) is 0.665. The molecule has 0 saturated carbocycles. The Balaban J connectivity index is 1.50. The number of carbonyl (C=O) groups is 2. The van der Waals surface area contributed by atoms with E-state index in [9.17, 15) is 14.7 Å². The van der Waals surface area contributed by atoms with E-state index in [1.54, 1.807) is 41.3 Å². The van der Waals surface area contributed by atoms with Gasteiger partial charge in [0.1, 0.15) is 11.5 Å². The van der Waals surface area contributed by atoms with Crippen molar-refractivity contribution in [3.8, 4) is 11.5 Å². The van der Waals surface area contributed by atoms with Crippen LogP contribution in [0.15, 0.2) is 48.5 Å². The zero-order valence-electron chi connectivity index (χ0n) is 14.7. The van der Waals surface area contributed by atoms with Gasteiger partial charge in [0, 0.05) is 37.4 Å². The molecular formula is C20H22N2O4. The third-order valence-electron chi connectivity index (χ3n) is 4.45. The summed E-state index contributed by atoms with van der Waals surface area (Å²) in [6.45, 7) is 4.16. The minimum absolute atomic E-state index is 0.0351. The minimum Gasteiger partial charge on any atom is -0.508 e. The Labute approximate surface area is 152 Å². The summed E-state index contributed by atoms with van der Waals surface area (Å²) in [6.07, 6.45) is 0. The van der Waals surface area contributed by atoms with Gasteiger partial charge in [-0.25, -0.2) is 0 Å². The molecule has 0 aromatic heterocycles. The van der Waals surface area contributed by atoms with Crippen LogP contribution in [0.2, 0.25) is 0 Å². The van der Waals surface area contributed by atoms with Gasteiger partial charge in [-0.05, 0) is 43.3 Å². The zero-order valence-corrected chi connectivity index (χ0v) is 14.7. The van der Waals surface area contributed by atoms with Crippen LogP contribution < -0.4 is 9.64 Å². The van der Waals surface area contributed by atoms with Crippen molar-refractivity contribution in [1.29, 1.82) is 0 Å². The zero-order chi connectivity index (χ0) is 18.5. The van der Waals surface area contributed by atoms with Gasteiger partial charge >= 0.3 is 0 Å². The van der Waals surface area contributed by atoms with E-state index >= 15 is 0 Å². The van der Waals surface area contributed by atoms with Crippen LogP contribution in [0.4, 0.5) is 5.69 Å². The van der Waals surface area contributed by atoms with E-state index in [1.807, 2.05) is 12.1 Å². The number of ketones is 1. The highest BCUT2D eigenvalue weighted by Crippen LogP contribution is 2.20. The molecule has 3 rings (SSSR count). The topological polar surface area (TPSA) is 70.1 Å². The lowest BCUT2D eigenvalue weighted by molar-refractivity contribution is -0.133. The first-order valence-corrected chi connectivity index (χ1v) is 8.58. The van der Waals surface area contributed by atoms with Gasteiger partial charge < -0.3 is 19.6 Å². The quantitative estimate of drug-likeness (QED) is 0.835. The molecule has 2 aromatic rings. The number of phenolic OH excluding ortho intramolecular Hbond substituents is 1. The summed E-state index contributed by atoms with van der Waals surface area (Å²) in [6, 6.07) is 13.9. The molecule has 1 N–H and O–H groups in total. The van der Waals surface area contributed by atoms with E-state index in [0.717, 1.165) is 18.8 Å². The van der Waals surface area contributed by atoms with Crippen LogP contribution in [-0.2, 0) is 4.79 Å². The average Bonchev–Trinajstić information content (AvgIpc) is 2.67. The molecule has 1 fully saturated rings. The second-order valence-electron chi connectivity index (χ2n) is 6.26. The normalized spacial score (nSPS) is 14.2. The molecule has 0 bridgehead atoms. The van der Waals surface area contributed by atoms with Crippen LogP contribution in [0.1, 0.15) is 17.3 Å². The Kier molecular flexibility index (Phi) is 5.41. The van der Waals surface area contributed by atoms with Gasteiger partial charge in [-0.2, -0.15) is 0 Å². The fourth-order valence-corrected chi connectivity index (χ4v) is 2.92. The van der Waals surface area contributed by atoms with Crippen LogP contribution in [0.3, 0.4) is 0 Å². The number of nitrogens with zero attached hydrogens (tertiary/aromatic N) is 2. The van der Waals surface area contributed by atoms with E-state index in [1.165, 1.54) is 6.92 Å². The molecule has 1 heterocycles. The first kappa shape index (κ1) is 17.8. The Hall–Kier alpha value is -3.02. The Morgan fingerprint density at radius 1 is 1.04 bits per heavy atom. The Morgan fingerprint density at radius 2 is 1.73 bits per heavy atom. The number of rotatable bonds is 5. The van der Waals surface area contributed by atoms with Crippen molar-refractivity contribution in [1.82, 2.24) is 4.90 Å². The van der Waals surface area contributed by atoms with Crippen molar-refractivity contribution in [3.63, 3.8) is 0 Å². The SMILES string of the molecule is CC(=O)c1cccc(OCC(=O)N2CCN(c3ccc(O)cc3)CC2)c1. The molecule has 1 saturated heterocycles. The van der Waals surface area contributed by atoms with Gasteiger partial charge in [0.2, 0.25) is 0 Å². The molecule has 26 heavy (non-hydrogen) atoms. The van der Waals surface area contributed by atoms with Gasteiger partial charge in [0.05, 0.1) is 0 Å². The molecule has 136 valence electrons. The Morgan fingerprint density at radius 3 is 2.38 bits per heavy atom. The van der Waals surface area contributed by atoms with Crippen molar-refractivity contribution in [2.24, 2.45) is 0 Å². The van der Waals surface area contributed by atoms with Gasteiger partial charge in [0.25, 0.3) is 5.91 Å². The van der Waals surface area contributed by atoms with Gasteiger partial charge in [0.15, 0.2) is 12.4 Å². The number of anilines is 1. The fourth-order valence-electron chi connectivity index (χ4n) is 2.92. The fraction of sp³-hybridized carbons (Fsp3) is 0.300. The van der Waals surface area contributed by atoms with Crippen molar-refractivity contribution < 1.29 is 19.4 Å². The predicted molar refractivity (Wildman–Crippen MR) is 98.8 cm³/mol. The summed E-state index contributed by atoms with van der Waals surface area (Å²) in [7, 11) is 0. The number of ether oxygens (including phenoxy) is 1. The molecule has 6 nitrogen and oxygen atoms in total. The van der Waals surface area contributed by atoms with Gasteiger partial charge in [-0.3, -0.25) is 9.59 Å². The van der Waals surface area contributed by atoms with Crippen molar-refractivity contribution in [2.75, 3.05) is 37.7 Å². The van der Waals surface area contributed by atoms with Crippen molar-refractivity contribution in [3.05, 3.63) is 54.1 Å². The highest BCUT2D eigenvalue weighted by atomic mass is 16.5. The molecule has 0 radical (unpaired) electrons. The number of phenols is 1. The summed E-state index contributed by atoms with van der Waals surface area (Å²) < 4.78 is 5.55. The van der Waals surface area contributed by atoms with E-state index in [2.05, 4.69) is 4.90 Å². The molecule has 0 spiro atoms. The molecule has 2 aromatic carbocycles. The number of amides is 1. The number of benzene rings is 2. The highest BCUT2D eigenvalue weighted by Gasteiger charge is 2.21. The maximum atomic E-state index is 12.4. The number of hydrogen-bond donors (Lipinski definition) is 1. The monoisotopic (exact) mass is 354 g/mol. The van der Waals surface area contributed by atoms with Gasteiger partial charge in [-0.1, -0.05) is 12.1 Å². The lowest BCUT2D eigenvalue weighted by atomic mass is 10.1. The summed E-state index contributed by atoms with van der Waals surface area (Å²) in [4.78, 5) is 27.7. The van der Waals surface area contributed by atoms with Crippen LogP contribution in [0.25, 0.3) is 0 Å². The lowest BCUT2D eigenvalue weighted by Crippen LogP contribution is -2.50. The van der Waals surface area contributed by atoms with Crippen LogP contribution in [0, 0.1) is 0 Å². The van der Waals surface area contributed by atoms with E-state index in [4.69, 9.17) is 4.74 Å². The van der Waals surface area contributed by atoms with E-state index < -0.39 is 0 Å². The first-order valence-electron chi connectivity index (χ1n) is 8.58. The molecule has 0 aliphatic carbocycles. The molecule has 1 amide bonds. The molecule has 1 aliphatic heterocycles. The summed E-state index contributed by atoms with van der Waals surface area (Å²) >= 11 is 0. The van der Waals surface area contributed by atoms with E-state index in [-0.39, 0.29) is 24.0 Å². The predicted octanol–water partition coefficient (Wildman–Crippen LogP) is 2.32. The van der Waals surface area contributed by atoms with E-state index in [0.29, 0.717) is 24.4 Å². The third-order valence-corrected chi connectivity index (χ3v) is 4.45. The second kappa shape index (κ2) is 7.91. The minimum atomic E-state index is -0.0661. The number of piperazine rings is 1. The smallest absolute Gasteiger partial charge is 0.260 e. The van der Waals surface area contributed by atoms with Crippen LogP contribution in [0.5, 0.6) is 11.5 Å². The standard InChI is InChI=1S/C20H22N2O4/c1-15(23)16-3-2-4-19(13-16)26-14-20(25)22-11-9-21(10-12-22)17-5-7-18(24)8-6-17/h2-8,13,24H,9-12,14H2,1H3. The van der Waals surface area contributed by atoms with Crippen molar-refractivity contribution >= 4 is 17.4 Å². The molecule has 0 unspecified atom stereocenters. The molecule has 6 heteroatoms. The third kappa shape index (κ3) is 4.33. The molecular weight excluding hydrogens is 332 g/mol. The maximum absolute atomic E-state index is 12.4. The lowest BCUT2D eigenvalue weighted by Gasteiger charge is -2.36. The molecule has 0 atom stereocenters. The van der Waals surface area contributed by atoms with Crippen molar-refractivity contribution in [2.45, 2.75) is 6.92 Å².